The highest BCUT2D eigenvalue weighted by atomic mass is 32.2. The van der Waals surface area contributed by atoms with Gasteiger partial charge in [0.2, 0.25) is 0 Å². The lowest BCUT2D eigenvalue weighted by molar-refractivity contribution is 0.384. The van der Waals surface area contributed by atoms with Crippen LogP contribution in [0.1, 0.15) is 17.4 Å². The average molecular weight is 445 g/mol. The monoisotopic (exact) mass is 444 g/mol. The fourth-order valence-electron chi connectivity index (χ4n) is 3.27. The normalized spacial score (nSPS) is 15.3. The minimum Gasteiger partial charge on any atom is -0.352 e. The highest BCUT2D eigenvalue weighted by molar-refractivity contribution is 7.91. The molecule has 4 rings (SSSR count). The van der Waals surface area contributed by atoms with Crippen LogP contribution in [0.4, 0.5) is 17.5 Å². The molecule has 8 nitrogen and oxygen atoms in total. The summed E-state index contributed by atoms with van der Waals surface area (Å²) in [5.74, 6) is 2.07. The summed E-state index contributed by atoms with van der Waals surface area (Å²) in [4.78, 5) is 7.40. The number of nitrogens with zero attached hydrogens (tertiary/aromatic N) is 5. The maximum absolute atomic E-state index is 12.9. The summed E-state index contributed by atoms with van der Waals surface area (Å²) < 4.78 is 27.7. The number of nitrogens with one attached hydrogen (secondary N) is 1. The molecule has 0 bridgehead atoms. The first-order chi connectivity index (χ1) is 14.5. The molecule has 30 heavy (non-hydrogen) atoms. The number of aromatic nitrogens is 3. The summed E-state index contributed by atoms with van der Waals surface area (Å²) in [6, 6.07) is 11.2. The maximum Gasteiger partial charge on any atom is 0.252 e. The molecule has 10 heteroatoms. The second kappa shape index (κ2) is 8.66. The first-order valence-electron chi connectivity index (χ1n) is 9.83. The molecule has 1 aliphatic heterocycles. The Morgan fingerprint density at radius 3 is 2.47 bits per heavy atom. The van der Waals surface area contributed by atoms with Gasteiger partial charge in [0.15, 0.2) is 11.6 Å². The van der Waals surface area contributed by atoms with Crippen LogP contribution in [0.2, 0.25) is 0 Å². The Balaban J connectivity index is 1.38. The SMILES string of the molecule is CCc1ccc(S(=O)(=O)N2CCN(c3ccc(Nc4cc(C)ccn4)nn3)CC2)s1. The van der Waals surface area contributed by atoms with E-state index < -0.39 is 10.0 Å². The van der Waals surface area contributed by atoms with Crippen LogP contribution < -0.4 is 10.2 Å². The lowest BCUT2D eigenvalue weighted by atomic mass is 10.3. The zero-order valence-electron chi connectivity index (χ0n) is 16.9. The summed E-state index contributed by atoms with van der Waals surface area (Å²) in [5.41, 5.74) is 1.11. The quantitative estimate of drug-likeness (QED) is 0.625. The zero-order chi connectivity index (χ0) is 21.1. The molecule has 0 aliphatic carbocycles. The largest absolute Gasteiger partial charge is 0.352 e. The molecule has 0 amide bonds. The van der Waals surface area contributed by atoms with Crippen LogP contribution in [0.3, 0.4) is 0 Å². The van der Waals surface area contributed by atoms with Crippen molar-refractivity contribution in [2.24, 2.45) is 0 Å². The molecule has 0 radical (unpaired) electrons. The Bertz CT molecular complexity index is 1110. The van der Waals surface area contributed by atoms with Gasteiger partial charge in [-0.3, -0.25) is 0 Å². The number of aryl methyl sites for hydroxylation is 2. The lowest BCUT2D eigenvalue weighted by Crippen LogP contribution is -2.48. The number of sulfonamides is 1. The number of anilines is 3. The molecule has 1 fully saturated rings. The van der Waals surface area contributed by atoms with E-state index in [1.807, 2.05) is 44.2 Å². The average Bonchev–Trinajstić information content (AvgIpc) is 3.25. The predicted octanol–water partition coefficient (Wildman–Crippen LogP) is 3.06. The van der Waals surface area contributed by atoms with Crippen molar-refractivity contribution in [2.75, 3.05) is 36.4 Å². The van der Waals surface area contributed by atoms with E-state index in [2.05, 4.69) is 25.4 Å². The van der Waals surface area contributed by atoms with Crippen LogP contribution in [-0.2, 0) is 16.4 Å². The van der Waals surface area contributed by atoms with Crippen molar-refractivity contribution in [3.8, 4) is 0 Å². The molecule has 158 valence electrons. The second-order valence-electron chi connectivity index (χ2n) is 7.09. The Morgan fingerprint density at radius 2 is 1.83 bits per heavy atom. The summed E-state index contributed by atoms with van der Waals surface area (Å²) in [6.07, 6.45) is 2.59. The van der Waals surface area contributed by atoms with Crippen molar-refractivity contribution in [1.29, 1.82) is 0 Å². The van der Waals surface area contributed by atoms with Crippen LogP contribution in [0, 0.1) is 6.92 Å². The number of hydrogen-bond acceptors (Lipinski definition) is 8. The van der Waals surface area contributed by atoms with Gasteiger partial charge < -0.3 is 10.2 Å². The van der Waals surface area contributed by atoms with E-state index in [1.165, 1.54) is 11.3 Å². The zero-order valence-corrected chi connectivity index (χ0v) is 18.6. The van der Waals surface area contributed by atoms with Crippen LogP contribution in [0.15, 0.2) is 46.8 Å². The first kappa shape index (κ1) is 20.7. The Kier molecular flexibility index (Phi) is 5.98. The topological polar surface area (TPSA) is 91.3 Å². The van der Waals surface area contributed by atoms with Crippen molar-refractivity contribution >= 4 is 38.8 Å². The van der Waals surface area contributed by atoms with Crippen LogP contribution >= 0.6 is 11.3 Å². The molecule has 1 saturated heterocycles. The maximum atomic E-state index is 12.9. The molecule has 0 unspecified atom stereocenters. The van der Waals surface area contributed by atoms with Crippen molar-refractivity contribution in [3.63, 3.8) is 0 Å². The summed E-state index contributed by atoms with van der Waals surface area (Å²) in [5, 5.41) is 11.7. The van der Waals surface area contributed by atoms with E-state index in [0.717, 1.165) is 28.5 Å². The van der Waals surface area contributed by atoms with Crippen molar-refractivity contribution < 1.29 is 8.42 Å². The molecule has 0 saturated carbocycles. The van der Waals surface area contributed by atoms with Gasteiger partial charge in [0.25, 0.3) is 10.0 Å². The van der Waals surface area contributed by atoms with Gasteiger partial charge in [0.05, 0.1) is 0 Å². The highest BCUT2D eigenvalue weighted by Gasteiger charge is 2.30. The molecule has 3 aromatic rings. The van der Waals surface area contributed by atoms with E-state index >= 15 is 0 Å². The van der Waals surface area contributed by atoms with Crippen LogP contribution in [-0.4, -0.2) is 54.1 Å². The Morgan fingerprint density at radius 1 is 1.03 bits per heavy atom. The standard InChI is InChI=1S/C20H24N6O2S2/c1-3-16-4-7-20(29-16)30(27,28)26-12-10-25(11-13-26)19-6-5-17(23-24-19)22-18-14-15(2)8-9-21-18/h4-9,14H,3,10-13H2,1-2H3,(H,21,22,23). The number of thiophene rings is 1. The first-order valence-corrected chi connectivity index (χ1v) is 12.1. The smallest absolute Gasteiger partial charge is 0.252 e. The minimum atomic E-state index is -3.43. The van der Waals surface area contributed by atoms with Gasteiger partial charge in [-0.05, 0) is 55.3 Å². The third-order valence-electron chi connectivity index (χ3n) is 4.96. The van der Waals surface area contributed by atoms with E-state index in [0.29, 0.717) is 36.2 Å². The third-order valence-corrected chi connectivity index (χ3v) is 8.56. The molecule has 3 aromatic heterocycles. The number of piperazine rings is 1. The van der Waals surface area contributed by atoms with E-state index in [4.69, 9.17) is 0 Å². The van der Waals surface area contributed by atoms with Gasteiger partial charge in [-0.2, -0.15) is 4.31 Å². The highest BCUT2D eigenvalue weighted by Crippen LogP contribution is 2.26. The van der Waals surface area contributed by atoms with Crippen LogP contribution in [0.5, 0.6) is 0 Å². The van der Waals surface area contributed by atoms with Gasteiger partial charge in [-0.25, -0.2) is 13.4 Å². The third kappa shape index (κ3) is 4.45. The molecule has 0 atom stereocenters. The van der Waals surface area contributed by atoms with Gasteiger partial charge in [0.1, 0.15) is 10.0 Å². The van der Waals surface area contributed by atoms with Crippen molar-refractivity contribution in [1.82, 2.24) is 19.5 Å². The van der Waals surface area contributed by atoms with Crippen LogP contribution in [0.25, 0.3) is 0 Å². The summed E-state index contributed by atoms with van der Waals surface area (Å²) >= 11 is 1.36. The minimum absolute atomic E-state index is 0.424. The molecular formula is C20H24N6O2S2. The Labute approximate surface area is 180 Å². The van der Waals surface area contributed by atoms with Gasteiger partial charge in [0, 0.05) is 37.3 Å². The molecule has 0 spiro atoms. The summed E-state index contributed by atoms with van der Waals surface area (Å²) in [6.45, 7) is 6.04. The van der Waals surface area contributed by atoms with Gasteiger partial charge in [-0.1, -0.05) is 6.92 Å². The predicted molar refractivity (Wildman–Crippen MR) is 119 cm³/mol. The fourth-order valence-corrected chi connectivity index (χ4v) is 6.14. The molecule has 1 N–H and O–H groups in total. The number of pyridine rings is 1. The van der Waals surface area contributed by atoms with Gasteiger partial charge in [-0.15, -0.1) is 21.5 Å². The lowest BCUT2D eigenvalue weighted by Gasteiger charge is -2.34. The van der Waals surface area contributed by atoms with E-state index in [-0.39, 0.29) is 0 Å². The summed E-state index contributed by atoms with van der Waals surface area (Å²) in [7, 11) is -3.43. The molecule has 4 heterocycles. The molecule has 1 aliphatic rings. The van der Waals surface area contributed by atoms with E-state index in [9.17, 15) is 8.42 Å². The van der Waals surface area contributed by atoms with Crippen molar-refractivity contribution in [2.45, 2.75) is 24.5 Å². The van der Waals surface area contributed by atoms with Gasteiger partial charge >= 0.3 is 0 Å². The number of rotatable bonds is 6. The molecular weight excluding hydrogens is 420 g/mol. The Hall–Kier alpha value is -2.56. The fraction of sp³-hybridized carbons (Fsp3) is 0.350. The molecule has 0 aromatic carbocycles. The van der Waals surface area contributed by atoms with E-state index in [1.54, 1.807) is 16.6 Å². The second-order valence-corrected chi connectivity index (χ2v) is 10.4. The van der Waals surface area contributed by atoms with Crippen molar-refractivity contribution in [3.05, 3.63) is 53.0 Å². The number of hydrogen-bond donors (Lipinski definition) is 1.